The van der Waals surface area contributed by atoms with Gasteiger partial charge in [-0.25, -0.2) is 0 Å². The topological polar surface area (TPSA) is 119 Å². The molecule has 0 radical (unpaired) electrons. The van der Waals surface area contributed by atoms with Crippen molar-refractivity contribution >= 4 is 77.0 Å². The van der Waals surface area contributed by atoms with Crippen LogP contribution in [0.5, 0.6) is 11.5 Å². The van der Waals surface area contributed by atoms with E-state index in [0.29, 0.717) is 5.75 Å². The standard InChI is InChI=1S/C20H20F2I2O8STe/c1-19(2,3)32-17(25)12-30-13-4-8-15(9-5-13)34(23,24)16-10-6-14(7-11-16)31-18(26)20(21,22)33(27,28)29/h4-11H,12H2,1-3H3,(H,27,28,29)/p-1. The summed E-state index contributed by atoms with van der Waals surface area (Å²) in [6, 6.07) is 12.8. The SMILES string of the molecule is CC(C)(C)OC(=O)COc1ccc([Te](I)(I)c2ccc(OC(=O)C(F)(F)S(=O)(=O)[O-])cc2)cc1. The van der Waals surface area contributed by atoms with Crippen molar-refractivity contribution in [1.82, 2.24) is 0 Å². The molecule has 0 aliphatic carbocycles. The van der Waals surface area contributed by atoms with E-state index in [1.165, 1.54) is 12.1 Å². The van der Waals surface area contributed by atoms with Crippen molar-refractivity contribution < 1.29 is 45.6 Å². The van der Waals surface area contributed by atoms with Crippen LogP contribution in [0.2, 0.25) is 0 Å². The second-order valence-electron chi connectivity index (χ2n) is 7.65. The summed E-state index contributed by atoms with van der Waals surface area (Å²) in [6.45, 7) is 5.05. The third-order valence-electron chi connectivity index (χ3n) is 3.78. The van der Waals surface area contributed by atoms with Gasteiger partial charge < -0.3 is 0 Å². The molecule has 2 aromatic carbocycles. The van der Waals surface area contributed by atoms with E-state index >= 15 is 0 Å². The summed E-state index contributed by atoms with van der Waals surface area (Å²) in [5.41, 5.74) is -0.609. The van der Waals surface area contributed by atoms with Gasteiger partial charge in [0, 0.05) is 0 Å². The second-order valence-corrected chi connectivity index (χ2v) is 43.5. The number of rotatable bonds is 8. The first-order valence-electron chi connectivity index (χ1n) is 9.26. The first-order valence-corrected chi connectivity index (χ1v) is 26.6. The summed E-state index contributed by atoms with van der Waals surface area (Å²) in [7, 11) is -9.15. The molecule has 8 nitrogen and oxygen atoms in total. The van der Waals surface area contributed by atoms with Crippen LogP contribution in [0.25, 0.3) is 0 Å². The molecule has 2 aromatic rings. The molecule has 34 heavy (non-hydrogen) atoms. The van der Waals surface area contributed by atoms with Gasteiger partial charge in [0.05, 0.1) is 0 Å². The van der Waals surface area contributed by atoms with E-state index in [0.717, 1.165) is 7.22 Å². The first-order chi connectivity index (χ1) is 15.4. The number of ether oxygens (including phenoxy) is 3. The molecule has 0 N–H and O–H groups in total. The van der Waals surface area contributed by atoms with Gasteiger partial charge in [-0.1, -0.05) is 0 Å². The molecule has 0 heterocycles. The van der Waals surface area contributed by atoms with Gasteiger partial charge in [0.2, 0.25) is 0 Å². The minimum atomic E-state index is -6.20. The average Bonchev–Trinajstić information content (AvgIpc) is 2.71. The number of carbonyl (C=O) groups excluding carboxylic acids is 2. The number of alkyl halides is 2. The number of hydrogen-bond donors (Lipinski definition) is 0. The van der Waals surface area contributed by atoms with E-state index in [9.17, 15) is 31.3 Å². The fourth-order valence-electron chi connectivity index (χ4n) is 2.30. The molecular formula is C20H19F2I2O8STe-. The molecule has 0 aliphatic rings. The van der Waals surface area contributed by atoms with Gasteiger partial charge in [-0.3, -0.25) is 0 Å². The number of benzene rings is 2. The number of halogens is 4. The Balaban J connectivity index is 2.08. The molecule has 0 saturated carbocycles. The monoisotopic (exact) mass is 841 g/mol. The van der Waals surface area contributed by atoms with E-state index < -0.39 is 43.2 Å². The molecule has 0 unspecified atom stereocenters. The van der Waals surface area contributed by atoms with E-state index in [2.05, 4.69) is 42.1 Å². The predicted octanol–water partition coefficient (Wildman–Crippen LogP) is 2.88. The summed E-state index contributed by atoms with van der Waals surface area (Å²) in [6.07, 6.45) is 0. The van der Waals surface area contributed by atoms with Crippen LogP contribution >= 0.6 is 37.4 Å². The summed E-state index contributed by atoms with van der Waals surface area (Å²) in [5, 5.41) is -5.19. The molecule has 0 fully saturated rings. The molecule has 0 spiro atoms. The molecule has 0 aliphatic heterocycles. The normalized spacial score (nSPS) is 13.2. The van der Waals surface area contributed by atoms with Crippen molar-refractivity contribution in [2.24, 2.45) is 0 Å². The van der Waals surface area contributed by atoms with Gasteiger partial charge >= 0.3 is 221 Å². The van der Waals surface area contributed by atoms with Crippen molar-refractivity contribution in [3.8, 4) is 11.5 Å². The maximum absolute atomic E-state index is 13.3. The van der Waals surface area contributed by atoms with Crippen molar-refractivity contribution in [1.29, 1.82) is 0 Å². The fraction of sp³-hybridized carbons (Fsp3) is 0.300. The van der Waals surface area contributed by atoms with E-state index in [-0.39, 0.29) is 12.4 Å². The zero-order chi connectivity index (χ0) is 25.9. The van der Waals surface area contributed by atoms with Crippen LogP contribution in [-0.4, -0.2) is 52.7 Å². The molecule has 0 amide bonds. The second kappa shape index (κ2) is 11.1. The van der Waals surface area contributed by atoms with Crippen LogP contribution in [0, 0.1) is 0 Å². The van der Waals surface area contributed by atoms with Crippen LogP contribution < -0.4 is 16.7 Å². The van der Waals surface area contributed by atoms with Crippen molar-refractivity contribution in [3.63, 3.8) is 0 Å². The Kier molecular flexibility index (Phi) is 9.59. The van der Waals surface area contributed by atoms with Crippen LogP contribution in [-0.2, 0) is 24.4 Å². The van der Waals surface area contributed by atoms with E-state index in [1.807, 2.05) is 12.1 Å². The Morgan fingerprint density at radius 1 is 0.941 bits per heavy atom. The first kappa shape index (κ1) is 29.4. The van der Waals surface area contributed by atoms with Gasteiger partial charge in [0.25, 0.3) is 0 Å². The molecule has 188 valence electrons. The Morgan fingerprint density at radius 2 is 1.38 bits per heavy atom. The Labute approximate surface area is 218 Å². The van der Waals surface area contributed by atoms with Crippen LogP contribution in [0.3, 0.4) is 0 Å². The third-order valence-corrected chi connectivity index (χ3v) is 23.2. The van der Waals surface area contributed by atoms with Crippen molar-refractivity contribution in [2.75, 3.05) is 6.61 Å². The van der Waals surface area contributed by atoms with Crippen molar-refractivity contribution in [2.45, 2.75) is 31.6 Å². The minimum absolute atomic E-state index is 0.231. The number of esters is 2. The maximum atomic E-state index is 13.3. The number of carbonyl (C=O) groups is 2. The summed E-state index contributed by atoms with van der Waals surface area (Å²) < 4.78 is 75.2. The van der Waals surface area contributed by atoms with Gasteiger partial charge in [-0.15, -0.1) is 0 Å². The summed E-state index contributed by atoms with van der Waals surface area (Å²) in [5.74, 6) is -2.79. The van der Waals surface area contributed by atoms with E-state index in [1.54, 1.807) is 45.0 Å². The molecule has 14 heteroatoms. The molecule has 0 atom stereocenters. The predicted molar refractivity (Wildman–Crippen MR) is 138 cm³/mol. The van der Waals surface area contributed by atoms with Gasteiger partial charge in [0.15, 0.2) is 0 Å². The molecule has 0 bridgehead atoms. The van der Waals surface area contributed by atoms with E-state index in [4.69, 9.17) is 9.47 Å². The zero-order valence-corrected chi connectivity index (χ0v) is 25.4. The van der Waals surface area contributed by atoms with Gasteiger partial charge in [-0.2, -0.15) is 0 Å². The quantitative estimate of drug-likeness (QED) is 0.131. The van der Waals surface area contributed by atoms with Crippen LogP contribution in [0.4, 0.5) is 8.78 Å². The zero-order valence-electron chi connectivity index (χ0n) is 17.9. The van der Waals surface area contributed by atoms with Gasteiger partial charge in [-0.05, 0) is 0 Å². The van der Waals surface area contributed by atoms with Crippen molar-refractivity contribution in [3.05, 3.63) is 48.5 Å². The Bertz CT molecular complexity index is 1150. The Morgan fingerprint density at radius 3 is 1.79 bits per heavy atom. The van der Waals surface area contributed by atoms with Gasteiger partial charge in [0.1, 0.15) is 0 Å². The molecule has 2 rings (SSSR count). The summed E-state index contributed by atoms with van der Waals surface area (Å²) >= 11 is 4.68. The molecule has 0 saturated heterocycles. The fourth-order valence-corrected chi connectivity index (χ4v) is 13.9. The molecular weight excluding hydrogens is 820 g/mol. The Hall–Kier alpha value is -0.800. The third kappa shape index (κ3) is 7.85. The summed E-state index contributed by atoms with van der Waals surface area (Å²) in [4.78, 5) is 23.2. The van der Waals surface area contributed by atoms with Crippen LogP contribution in [0.1, 0.15) is 20.8 Å². The van der Waals surface area contributed by atoms with Crippen LogP contribution in [0.15, 0.2) is 48.5 Å². The average molecular weight is 839 g/mol. The number of hydrogen-bond acceptors (Lipinski definition) is 8. The molecule has 0 aromatic heterocycles.